The molecule has 1 fully saturated rings. The molecule has 2 rings (SSSR count). The lowest BCUT2D eigenvalue weighted by Gasteiger charge is -2.07. The van der Waals surface area contributed by atoms with E-state index in [2.05, 4.69) is 17.2 Å². The summed E-state index contributed by atoms with van der Waals surface area (Å²) in [6, 6.07) is 5.88. The maximum atomic E-state index is 5.63. The Balaban J connectivity index is 1.77. The molecule has 1 aromatic heterocycles. The van der Waals surface area contributed by atoms with Crippen LogP contribution in [0.3, 0.4) is 0 Å². The van der Waals surface area contributed by atoms with E-state index >= 15 is 0 Å². The molecule has 1 saturated carbocycles. The van der Waals surface area contributed by atoms with Crippen LogP contribution < -0.4 is 10.1 Å². The molecule has 1 N–H and O–H groups in total. The number of pyridine rings is 1. The Labute approximate surface area is 97.2 Å². The summed E-state index contributed by atoms with van der Waals surface area (Å²) < 4.78 is 5.63. The largest absolute Gasteiger partial charge is 0.478 e. The molecule has 0 radical (unpaired) electrons. The molecule has 1 aliphatic rings. The zero-order chi connectivity index (χ0) is 11.2. The maximum Gasteiger partial charge on any atom is 0.215 e. The van der Waals surface area contributed by atoms with Crippen molar-refractivity contribution in [1.29, 1.82) is 0 Å². The number of anilines is 1. The maximum absolute atomic E-state index is 5.63. The van der Waals surface area contributed by atoms with Crippen LogP contribution in [-0.4, -0.2) is 18.1 Å². The van der Waals surface area contributed by atoms with Gasteiger partial charge in [0.2, 0.25) is 5.88 Å². The van der Waals surface area contributed by atoms with Gasteiger partial charge < -0.3 is 10.1 Å². The van der Waals surface area contributed by atoms with Crippen LogP contribution in [-0.2, 0) is 0 Å². The van der Waals surface area contributed by atoms with Gasteiger partial charge in [-0.1, -0.05) is 25.8 Å². The summed E-state index contributed by atoms with van der Waals surface area (Å²) in [4.78, 5) is 4.39. The first-order chi connectivity index (χ1) is 7.88. The lowest BCUT2D eigenvalue weighted by Crippen LogP contribution is -2.04. The van der Waals surface area contributed by atoms with Crippen molar-refractivity contribution in [2.24, 2.45) is 5.92 Å². The van der Waals surface area contributed by atoms with Crippen molar-refractivity contribution in [1.82, 2.24) is 4.98 Å². The quantitative estimate of drug-likeness (QED) is 0.766. The zero-order valence-electron chi connectivity index (χ0n) is 9.91. The SMILES string of the molecule is CCCNc1cccc(OCCC2CC2)n1. The number of rotatable bonds is 7. The number of hydrogen-bond donors (Lipinski definition) is 1. The first-order valence-corrected chi connectivity index (χ1v) is 6.22. The second-order valence-electron chi connectivity index (χ2n) is 4.37. The van der Waals surface area contributed by atoms with Crippen molar-refractivity contribution in [2.45, 2.75) is 32.6 Å². The first kappa shape index (κ1) is 11.2. The Morgan fingerprint density at radius 1 is 1.44 bits per heavy atom. The van der Waals surface area contributed by atoms with Crippen LogP contribution in [0.5, 0.6) is 5.88 Å². The third-order valence-electron chi connectivity index (χ3n) is 2.75. The van der Waals surface area contributed by atoms with E-state index in [4.69, 9.17) is 4.74 Å². The molecular formula is C13H20N2O. The second kappa shape index (κ2) is 5.73. The summed E-state index contributed by atoms with van der Waals surface area (Å²) in [5, 5.41) is 3.26. The molecule has 3 heteroatoms. The zero-order valence-corrected chi connectivity index (χ0v) is 9.91. The fraction of sp³-hybridized carbons (Fsp3) is 0.615. The predicted octanol–water partition coefficient (Wildman–Crippen LogP) is 3.08. The minimum Gasteiger partial charge on any atom is -0.478 e. The van der Waals surface area contributed by atoms with Crippen LogP contribution >= 0.6 is 0 Å². The molecule has 0 spiro atoms. The highest BCUT2D eigenvalue weighted by atomic mass is 16.5. The summed E-state index contributed by atoms with van der Waals surface area (Å²) in [5.74, 6) is 2.56. The van der Waals surface area contributed by atoms with Gasteiger partial charge in [0.25, 0.3) is 0 Å². The van der Waals surface area contributed by atoms with Crippen molar-refractivity contribution in [2.75, 3.05) is 18.5 Å². The van der Waals surface area contributed by atoms with Gasteiger partial charge in [-0.05, 0) is 24.8 Å². The predicted molar refractivity (Wildman–Crippen MR) is 65.9 cm³/mol. The molecule has 0 bridgehead atoms. The van der Waals surface area contributed by atoms with E-state index in [0.29, 0.717) is 0 Å². The molecule has 1 aliphatic carbocycles. The molecule has 0 aliphatic heterocycles. The van der Waals surface area contributed by atoms with Crippen LogP contribution in [0, 0.1) is 5.92 Å². The fourth-order valence-electron chi connectivity index (χ4n) is 1.58. The smallest absolute Gasteiger partial charge is 0.215 e. The number of nitrogens with zero attached hydrogens (tertiary/aromatic N) is 1. The van der Waals surface area contributed by atoms with Crippen LogP contribution in [0.25, 0.3) is 0 Å². The first-order valence-electron chi connectivity index (χ1n) is 6.22. The van der Waals surface area contributed by atoms with Gasteiger partial charge >= 0.3 is 0 Å². The molecule has 0 amide bonds. The van der Waals surface area contributed by atoms with E-state index in [1.807, 2.05) is 18.2 Å². The lowest BCUT2D eigenvalue weighted by molar-refractivity contribution is 0.292. The number of nitrogens with one attached hydrogen (secondary N) is 1. The van der Waals surface area contributed by atoms with Crippen LogP contribution in [0.2, 0.25) is 0 Å². The van der Waals surface area contributed by atoms with Crippen LogP contribution in [0.1, 0.15) is 32.6 Å². The highest BCUT2D eigenvalue weighted by Gasteiger charge is 2.20. The molecule has 0 saturated heterocycles. The van der Waals surface area contributed by atoms with E-state index in [0.717, 1.165) is 37.2 Å². The Morgan fingerprint density at radius 3 is 3.06 bits per heavy atom. The van der Waals surface area contributed by atoms with E-state index in [9.17, 15) is 0 Å². The summed E-state index contributed by atoms with van der Waals surface area (Å²) in [6.45, 7) is 3.90. The van der Waals surface area contributed by atoms with E-state index < -0.39 is 0 Å². The normalized spacial score (nSPS) is 14.8. The summed E-state index contributed by atoms with van der Waals surface area (Å²) in [6.07, 6.45) is 5.05. The molecule has 88 valence electrons. The molecule has 0 atom stereocenters. The van der Waals surface area contributed by atoms with Gasteiger partial charge in [0.1, 0.15) is 5.82 Å². The van der Waals surface area contributed by atoms with E-state index in [1.165, 1.54) is 19.3 Å². The van der Waals surface area contributed by atoms with Gasteiger partial charge in [0.05, 0.1) is 6.61 Å². The third kappa shape index (κ3) is 3.72. The fourth-order valence-corrected chi connectivity index (χ4v) is 1.58. The van der Waals surface area contributed by atoms with Gasteiger partial charge in [0.15, 0.2) is 0 Å². The van der Waals surface area contributed by atoms with Gasteiger partial charge in [0, 0.05) is 12.6 Å². The van der Waals surface area contributed by atoms with Crippen molar-refractivity contribution < 1.29 is 4.74 Å². The van der Waals surface area contributed by atoms with Crippen molar-refractivity contribution in [3.63, 3.8) is 0 Å². The summed E-state index contributed by atoms with van der Waals surface area (Å²) in [5.41, 5.74) is 0. The molecule has 1 aromatic rings. The average molecular weight is 220 g/mol. The minimum absolute atomic E-state index is 0.738. The highest BCUT2D eigenvalue weighted by Crippen LogP contribution is 2.32. The number of aromatic nitrogens is 1. The van der Waals surface area contributed by atoms with Gasteiger partial charge in [-0.15, -0.1) is 0 Å². The Kier molecular flexibility index (Phi) is 4.03. The Hall–Kier alpha value is -1.25. The summed E-state index contributed by atoms with van der Waals surface area (Å²) in [7, 11) is 0. The minimum atomic E-state index is 0.738. The standard InChI is InChI=1S/C13H20N2O/c1-2-9-14-12-4-3-5-13(15-12)16-10-8-11-6-7-11/h3-5,11H,2,6-10H2,1H3,(H,14,15). The number of hydrogen-bond acceptors (Lipinski definition) is 3. The lowest BCUT2D eigenvalue weighted by atomic mass is 10.3. The topological polar surface area (TPSA) is 34.1 Å². The van der Waals surface area contributed by atoms with Crippen molar-refractivity contribution in [3.05, 3.63) is 18.2 Å². The molecule has 0 unspecified atom stereocenters. The highest BCUT2D eigenvalue weighted by molar-refractivity contribution is 5.36. The molecule has 0 aromatic carbocycles. The second-order valence-corrected chi connectivity index (χ2v) is 4.37. The number of ether oxygens (including phenoxy) is 1. The van der Waals surface area contributed by atoms with Gasteiger partial charge in [-0.2, -0.15) is 4.98 Å². The van der Waals surface area contributed by atoms with Crippen molar-refractivity contribution in [3.8, 4) is 5.88 Å². The third-order valence-corrected chi connectivity index (χ3v) is 2.75. The van der Waals surface area contributed by atoms with E-state index in [-0.39, 0.29) is 0 Å². The van der Waals surface area contributed by atoms with E-state index in [1.54, 1.807) is 0 Å². The van der Waals surface area contributed by atoms with Crippen molar-refractivity contribution >= 4 is 5.82 Å². The Bertz CT molecular complexity index is 323. The Morgan fingerprint density at radius 2 is 2.31 bits per heavy atom. The summed E-state index contributed by atoms with van der Waals surface area (Å²) >= 11 is 0. The average Bonchev–Trinajstić information content (AvgIpc) is 3.11. The van der Waals surface area contributed by atoms with Gasteiger partial charge in [-0.3, -0.25) is 0 Å². The van der Waals surface area contributed by atoms with Crippen LogP contribution in [0.4, 0.5) is 5.82 Å². The van der Waals surface area contributed by atoms with Gasteiger partial charge in [-0.25, -0.2) is 0 Å². The van der Waals surface area contributed by atoms with Crippen LogP contribution in [0.15, 0.2) is 18.2 Å². The molecular weight excluding hydrogens is 200 g/mol. The molecule has 16 heavy (non-hydrogen) atoms. The monoisotopic (exact) mass is 220 g/mol. The molecule has 1 heterocycles. The molecule has 3 nitrogen and oxygen atoms in total.